The Kier molecular flexibility index (Phi) is 2.03. The zero-order valence-electron chi connectivity index (χ0n) is 4.60. The quantitative estimate of drug-likeness (QED) is 0.501. The van der Waals surface area contributed by atoms with Crippen LogP contribution in [0.15, 0.2) is 0 Å². The molecule has 0 saturated heterocycles. The standard InChI is InChI=1S/C4H5F5/c1-3(5,6)2-4(7,8)9/h2H2,1H3. The first kappa shape index (κ1) is 8.65. The highest BCUT2D eigenvalue weighted by Crippen LogP contribution is 2.30. The van der Waals surface area contributed by atoms with Crippen LogP contribution in [0.5, 0.6) is 0 Å². The van der Waals surface area contributed by atoms with E-state index in [1.807, 2.05) is 0 Å². The first-order valence-corrected chi connectivity index (χ1v) is 2.15. The smallest absolute Gasteiger partial charge is 0.207 e. The van der Waals surface area contributed by atoms with Crippen molar-refractivity contribution in [2.75, 3.05) is 0 Å². The topological polar surface area (TPSA) is 0 Å². The first-order chi connectivity index (χ1) is 3.71. The molecule has 0 unspecified atom stereocenters. The summed E-state index contributed by atoms with van der Waals surface area (Å²) in [4.78, 5) is 0. The molecule has 0 radical (unpaired) electrons. The average molecular weight is 148 g/mol. The molecular formula is C4H5F5. The summed E-state index contributed by atoms with van der Waals surface area (Å²) >= 11 is 0. The lowest BCUT2D eigenvalue weighted by molar-refractivity contribution is -0.182. The van der Waals surface area contributed by atoms with Gasteiger partial charge in [0.25, 0.3) is 5.92 Å². The fraction of sp³-hybridized carbons (Fsp3) is 1.00. The van der Waals surface area contributed by atoms with Gasteiger partial charge < -0.3 is 0 Å². The third-order valence-electron chi connectivity index (χ3n) is 0.511. The molecule has 0 aromatic carbocycles. The van der Waals surface area contributed by atoms with Crippen LogP contribution in [0.4, 0.5) is 22.0 Å². The summed E-state index contributed by atoms with van der Waals surface area (Å²) in [5, 5.41) is 0. The molecule has 0 nitrogen and oxygen atoms in total. The molecule has 0 heterocycles. The lowest BCUT2D eigenvalue weighted by Crippen LogP contribution is -2.21. The van der Waals surface area contributed by atoms with Crippen molar-refractivity contribution in [2.24, 2.45) is 0 Å². The van der Waals surface area contributed by atoms with Crippen LogP contribution in [0.2, 0.25) is 0 Å². The lowest BCUT2D eigenvalue weighted by Gasteiger charge is -2.11. The first-order valence-electron chi connectivity index (χ1n) is 2.15. The third-order valence-corrected chi connectivity index (χ3v) is 0.511. The van der Waals surface area contributed by atoms with Gasteiger partial charge in [-0.15, -0.1) is 0 Å². The summed E-state index contributed by atoms with van der Waals surface area (Å²) in [7, 11) is 0. The Morgan fingerprint density at radius 3 is 1.33 bits per heavy atom. The van der Waals surface area contributed by atoms with Crippen molar-refractivity contribution in [1.82, 2.24) is 0 Å². The van der Waals surface area contributed by atoms with E-state index >= 15 is 0 Å². The Bertz CT molecular complexity index is 74.1. The normalized spacial score (nSPS) is 14.0. The highest BCUT2D eigenvalue weighted by molar-refractivity contribution is 4.63. The van der Waals surface area contributed by atoms with Crippen molar-refractivity contribution in [3.05, 3.63) is 0 Å². The van der Waals surface area contributed by atoms with Crippen LogP contribution in [0, 0.1) is 0 Å². The van der Waals surface area contributed by atoms with E-state index in [1.54, 1.807) is 0 Å². The molecule has 56 valence electrons. The predicted octanol–water partition coefficient (Wildman–Crippen LogP) is 2.59. The molecule has 0 aliphatic carbocycles. The second-order valence-electron chi connectivity index (χ2n) is 1.86. The zero-order chi connectivity index (χ0) is 7.71. The maximum Gasteiger partial charge on any atom is 0.394 e. The molecule has 5 heteroatoms. The molecule has 0 rings (SSSR count). The molecule has 0 bridgehead atoms. The second kappa shape index (κ2) is 2.11. The Morgan fingerprint density at radius 2 is 1.33 bits per heavy atom. The Hall–Kier alpha value is -0.350. The van der Waals surface area contributed by atoms with Crippen LogP contribution >= 0.6 is 0 Å². The van der Waals surface area contributed by atoms with Crippen LogP contribution in [0.25, 0.3) is 0 Å². The van der Waals surface area contributed by atoms with E-state index < -0.39 is 18.5 Å². The Labute approximate surface area is 48.7 Å². The van der Waals surface area contributed by atoms with E-state index in [0.29, 0.717) is 0 Å². The minimum absolute atomic E-state index is 0.237. The van der Waals surface area contributed by atoms with Gasteiger partial charge in [-0.05, 0) is 6.92 Å². The third kappa shape index (κ3) is 7.65. The Morgan fingerprint density at radius 1 is 1.00 bits per heavy atom. The van der Waals surface area contributed by atoms with Crippen LogP contribution in [0.3, 0.4) is 0 Å². The van der Waals surface area contributed by atoms with Crippen LogP contribution in [-0.4, -0.2) is 12.1 Å². The van der Waals surface area contributed by atoms with Crippen LogP contribution in [0.1, 0.15) is 13.3 Å². The van der Waals surface area contributed by atoms with Crippen molar-refractivity contribution in [3.8, 4) is 0 Å². The van der Waals surface area contributed by atoms with Crippen molar-refractivity contribution in [3.63, 3.8) is 0 Å². The van der Waals surface area contributed by atoms with Crippen LogP contribution < -0.4 is 0 Å². The highest BCUT2D eigenvalue weighted by atomic mass is 19.4. The predicted molar refractivity (Wildman–Crippen MR) is 21.3 cm³/mol. The molecule has 0 aromatic heterocycles. The highest BCUT2D eigenvalue weighted by Gasteiger charge is 2.39. The molecule has 0 amide bonds. The zero-order valence-corrected chi connectivity index (χ0v) is 4.60. The number of alkyl halides is 5. The second-order valence-corrected chi connectivity index (χ2v) is 1.86. The summed E-state index contributed by atoms with van der Waals surface area (Å²) < 4.78 is 56.2. The van der Waals surface area contributed by atoms with Gasteiger partial charge in [0, 0.05) is 0 Å². The lowest BCUT2D eigenvalue weighted by atomic mass is 10.3. The molecule has 0 atom stereocenters. The molecule has 0 aliphatic rings. The number of rotatable bonds is 1. The monoisotopic (exact) mass is 148 g/mol. The Balaban J connectivity index is 3.75. The minimum Gasteiger partial charge on any atom is -0.207 e. The molecule has 9 heavy (non-hydrogen) atoms. The summed E-state index contributed by atoms with van der Waals surface area (Å²) in [6.45, 7) is 0.237. The van der Waals surface area contributed by atoms with Crippen molar-refractivity contribution >= 4 is 0 Å². The maximum absolute atomic E-state index is 11.5. The summed E-state index contributed by atoms with van der Waals surface area (Å²) in [5.74, 6) is -3.64. The summed E-state index contributed by atoms with van der Waals surface area (Å²) in [6, 6.07) is 0. The van der Waals surface area contributed by atoms with E-state index in [-0.39, 0.29) is 6.92 Å². The van der Waals surface area contributed by atoms with E-state index in [2.05, 4.69) is 0 Å². The van der Waals surface area contributed by atoms with Gasteiger partial charge in [0.2, 0.25) is 0 Å². The molecule has 0 fully saturated rings. The molecule has 0 saturated carbocycles. The maximum atomic E-state index is 11.5. The fourth-order valence-corrected chi connectivity index (χ4v) is 0.352. The van der Waals surface area contributed by atoms with Crippen LogP contribution in [-0.2, 0) is 0 Å². The summed E-state index contributed by atoms with van der Waals surface area (Å²) in [6.07, 6.45) is -6.81. The minimum atomic E-state index is -4.77. The average Bonchev–Trinajstić information content (AvgIpc) is 1.14. The van der Waals surface area contributed by atoms with Crippen molar-refractivity contribution < 1.29 is 22.0 Å². The van der Waals surface area contributed by atoms with E-state index in [9.17, 15) is 22.0 Å². The summed E-state index contributed by atoms with van der Waals surface area (Å²) in [5.41, 5.74) is 0. The van der Waals surface area contributed by atoms with Gasteiger partial charge in [-0.2, -0.15) is 13.2 Å². The number of hydrogen-bond acceptors (Lipinski definition) is 0. The number of hydrogen-bond donors (Lipinski definition) is 0. The van der Waals surface area contributed by atoms with Gasteiger partial charge in [-0.25, -0.2) is 8.78 Å². The van der Waals surface area contributed by atoms with Crippen molar-refractivity contribution in [2.45, 2.75) is 25.4 Å². The van der Waals surface area contributed by atoms with Gasteiger partial charge in [0.05, 0.1) is 0 Å². The van der Waals surface area contributed by atoms with Gasteiger partial charge in [0.15, 0.2) is 0 Å². The number of halogens is 5. The SMILES string of the molecule is CC(F)(F)CC(F)(F)F. The molecule has 0 spiro atoms. The van der Waals surface area contributed by atoms with Gasteiger partial charge in [-0.3, -0.25) is 0 Å². The molecule has 0 aromatic rings. The van der Waals surface area contributed by atoms with Gasteiger partial charge >= 0.3 is 6.18 Å². The molecule has 0 N–H and O–H groups in total. The van der Waals surface area contributed by atoms with E-state index in [4.69, 9.17) is 0 Å². The van der Waals surface area contributed by atoms with E-state index in [1.165, 1.54) is 0 Å². The fourth-order valence-electron chi connectivity index (χ4n) is 0.352. The largest absolute Gasteiger partial charge is 0.394 e. The molecule has 0 aliphatic heterocycles. The van der Waals surface area contributed by atoms with Gasteiger partial charge in [0.1, 0.15) is 6.42 Å². The van der Waals surface area contributed by atoms with E-state index in [0.717, 1.165) is 0 Å². The van der Waals surface area contributed by atoms with Crippen molar-refractivity contribution in [1.29, 1.82) is 0 Å². The van der Waals surface area contributed by atoms with Gasteiger partial charge in [-0.1, -0.05) is 0 Å². The molecular weight excluding hydrogens is 143 g/mol.